The number of thiol groups is 1. The second-order valence-corrected chi connectivity index (χ2v) is 16.3. The molecule has 0 amide bonds. The van der Waals surface area contributed by atoms with Crippen molar-refractivity contribution in [3.05, 3.63) is 129 Å². The minimum Gasteiger partial charge on any atom is -0.371 e. The Labute approximate surface area is 299 Å². The van der Waals surface area contributed by atoms with Crippen molar-refractivity contribution >= 4 is 18.4 Å². The molecule has 0 aliphatic heterocycles. The molecule has 0 saturated carbocycles. The lowest BCUT2D eigenvalue weighted by Gasteiger charge is -2.47. The number of alkyl halides is 1. The number of benzene rings is 3. The molecule has 4 rings (SSSR count). The van der Waals surface area contributed by atoms with Gasteiger partial charge in [0, 0.05) is 28.5 Å². The molecular weight excluding hydrogens is 631 g/mol. The van der Waals surface area contributed by atoms with Crippen LogP contribution < -0.4 is 0 Å². The summed E-state index contributed by atoms with van der Waals surface area (Å²) in [4.78, 5) is 12.8. The number of ketones is 1. The van der Waals surface area contributed by atoms with Crippen LogP contribution >= 0.6 is 12.6 Å². The van der Waals surface area contributed by atoms with Gasteiger partial charge in [-0.15, -0.1) is 12.6 Å². The number of rotatable bonds is 13. The van der Waals surface area contributed by atoms with Crippen LogP contribution in [0.1, 0.15) is 145 Å². The first kappa shape index (κ1) is 38.8. The standard InChI is InChI=1S/C44H56F2O2S/c1-11-40(5,6)37-26-19-31(28-38(37)44(48,49)30-17-23-34(46)24-18-30)41(7,8)43(10,14-4)36-25-20-32(42(9,12-2)13-3)27-35(36)39(47)29-15-21-33(45)22-16-29/h15-21,23-28,33,48-49H,11-14,22H2,1-10H3. The Bertz CT molecular complexity index is 1730. The van der Waals surface area contributed by atoms with Crippen LogP contribution in [0.3, 0.4) is 0 Å². The average molecular weight is 687 g/mol. The molecule has 0 radical (unpaired) electrons. The van der Waals surface area contributed by atoms with Crippen molar-refractivity contribution in [2.24, 2.45) is 0 Å². The van der Waals surface area contributed by atoms with Crippen molar-refractivity contribution in [1.82, 2.24) is 0 Å². The predicted octanol–water partition coefficient (Wildman–Crippen LogP) is 11.8. The van der Waals surface area contributed by atoms with Crippen molar-refractivity contribution in [2.75, 3.05) is 0 Å². The Kier molecular flexibility index (Phi) is 11.3. The first-order valence-electron chi connectivity index (χ1n) is 17.9. The van der Waals surface area contributed by atoms with Gasteiger partial charge in [-0.3, -0.25) is 4.79 Å². The lowest BCUT2D eigenvalue weighted by Crippen LogP contribution is -2.44. The monoisotopic (exact) mass is 686 g/mol. The zero-order valence-corrected chi connectivity index (χ0v) is 32.1. The van der Waals surface area contributed by atoms with Gasteiger partial charge in [0.15, 0.2) is 10.7 Å². The van der Waals surface area contributed by atoms with E-state index in [9.17, 15) is 18.7 Å². The molecule has 0 bridgehead atoms. The maximum absolute atomic E-state index is 14.5. The molecule has 264 valence electrons. The van der Waals surface area contributed by atoms with Crippen LogP contribution in [0.5, 0.6) is 0 Å². The molecule has 3 unspecified atom stereocenters. The highest BCUT2D eigenvalue weighted by atomic mass is 32.1. The van der Waals surface area contributed by atoms with Gasteiger partial charge in [0.2, 0.25) is 0 Å². The van der Waals surface area contributed by atoms with E-state index in [2.05, 4.69) is 106 Å². The van der Waals surface area contributed by atoms with Crippen molar-refractivity contribution in [3.8, 4) is 0 Å². The first-order valence-corrected chi connectivity index (χ1v) is 18.4. The maximum atomic E-state index is 14.5. The minimum atomic E-state index is -1.69. The second kappa shape index (κ2) is 14.3. The van der Waals surface area contributed by atoms with Crippen LogP contribution in [0, 0.1) is 5.82 Å². The third-order valence-electron chi connectivity index (χ3n) is 12.5. The van der Waals surface area contributed by atoms with Gasteiger partial charge in [-0.1, -0.05) is 124 Å². The predicted molar refractivity (Wildman–Crippen MR) is 204 cm³/mol. The number of halogens is 2. The Morgan fingerprint density at radius 3 is 1.88 bits per heavy atom. The third-order valence-corrected chi connectivity index (χ3v) is 13.0. The van der Waals surface area contributed by atoms with Crippen LogP contribution in [0.4, 0.5) is 8.78 Å². The highest BCUT2D eigenvalue weighted by Crippen LogP contribution is 2.51. The van der Waals surface area contributed by atoms with Gasteiger partial charge in [-0.2, -0.15) is 0 Å². The van der Waals surface area contributed by atoms with Gasteiger partial charge in [0.05, 0.1) is 0 Å². The molecule has 3 atom stereocenters. The Balaban J connectivity index is 1.98. The number of Topliss-reactive ketones (excluding diaryl/α,β-unsaturated/α-hetero) is 1. The summed E-state index contributed by atoms with van der Waals surface area (Å²) >= 11 is 4.86. The summed E-state index contributed by atoms with van der Waals surface area (Å²) in [7, 11) is 0. The molecule has 0 spiro atoms. The van der Waals surface area contributed by atoms with Crippen molar-refractivity contribution in [3.63, 3.8) is 0 Å². The summed E-state index contributed by atoms with van der Waals surface area (Å²) in [6.45, 7) is 21.8. The maximum Gasteiger partial charge on any atom is 0.193 e. The first-order chi connectivity index (χ1) is 22.8. The third kappa shape index (κ3) is 7.13. The number of carbonyl (C=O) groups excluding carboxylic acids is 1. The second-order valence-electron chi connectivity index (χ2n) is 15.6. The SMILES string of the molecule is CCC(C)(C)c1ccc(C(C)(C)C(C)(CC)c2ccc(C(C)(CC)CC)cc2C(=O)C2=CCC(F)C=C2)cc1C(O)(S)c1ccc(F)cc1. The fourth-order valence-corrected chi connectivity index (χ4v) is 7.63. The largest absolute Gasteiger partial charge is 0.371 e. The van der Waals surface area contributed by atoms with E-state index >= 15 is 0 Å². The van der Waals surface area contributed by atoms with E-state index in [-0.39, 0.29) is 28.9 Å². The number of aliphatic hydroxyl groups is 1. The van der Waals surface area contributed by atoms with Crippen molar-refractivity contribution in [2.45, 2.75) is 134 Å². The number of allylic oxidation sites excluding steroid dienone is 4. The van der Waals surface area contributed by atoms with Crippen molar-refractivity contribution in [1.29, 1.82) is 0 Å². The van der Waals surface area contributed by atoms with Crippen LogP contribution in [0.15, 0.2) is 84.5 Å². The van der Waals surface area contributed by atoms with Gasteiger partial charge >= 0.3 is 0 Å². The molecule has 3 aromatic rings. The molecule has 5 heteroatoms. The Morgan fingerprint density at radius 1 is 0.776 bits per heavy atom. The Hall–Kier alpha value is -3.02. The molecule has 49 heavy (non-hydrogen) atoms. The van der Waals surface area contributed by atoms with Crippen LogP contribution in [0.25, 0.3) is 0 Å². The quantitative estimate of drug-likeness (QED) is 0.107. The summed E-state index contributed by atoms with van der Waals surface area (Å²) < 4.78 is 28.0. The molecular formula is C44H56F2O2S. The number of hydrogen-bond donors (Lipinski definition) is 2. The number of carbonyl (C=O) groups is 1. The van der Waals surface area contributed by atoms with Crippen LogP contribution in [-0.2, 0) is 26.6 Å². The molecule has 0 saturated heterocycles. The van der Waals surface area contributed by atoms with E-state index in [1.807, 2.05) is 0 Å². The highest BCUT2D eigenvalue weighted by molar-refractivity contribution is 7.81. The lowest BCUT2D eigenvalue weighted by atomic mass is 9.57. The van der Waals surface area contributed by atoms with E-state index < -0.39 is 21.9 Å². The average Bonchev–Trinajstić information content (AvgIpc) is 3.10. The summed E-state index contributed by atoms with van der Waals surface area (Å²) in [5.74, 6) is -0.471. The van der Waals surface area contributed by atoms with Gasteiger partial charge in [0.1, 0.15) is 12.0 Å². The molecule has 0 fully saturated rings. The van der Waals surface area contributed by atoms with Gasteiger partial charge in [-0.25, -0.2) is 8.78 Å². The fourth-order valence-electron chi connectivity index (χ4n) is 7.29. The molecule has 2 nitrogen and oxygen atoms in total. The van der Waals surface area contributed by atoms with E-state index in [0.29, 0.717) is 22.3 Å². The van der Waals surface area contributed by atoms with Gasteiger partial charge in [-0.05, 0) is 94.0 Å². The van der Waals surface area contributed by atoms with Crippen LogP contribution in [-0.4, -0.2) is 17.1 Å². The number of hydrogen-bond acceptors (Lipinski definition) is 3. The fraction of sp³-hybridized carbons (Fsp3) is 0.477. The van der Waals surface area contributed by atoms with E-state index in [0.717, 1.165) is 47.9 Å². The van der Waals surface area contributed by atoms with Gasteiger partial charge in [0.25, 0.3) is 0 Å². The topological polar surface area (TPSA) is 37.3 Å². The van der Waals surface area contributed by atoms with Gasteiger partial charge < -0.3 is 5.11 Å². The summed E-state index contributed by atoms with van der Waals surface area (Å²) in [6, 6.07) is 18.6. The molecule has 1 aliphatic rings. The summed E-state index contributed by atoms with van der Waals surface area (Å²) in [5.41, 5.74) is 4.87. The summed E-state index contributed by atoms with van der Waals surface area (Å²) in [6.07, 6.45) is 7.36. The highest BCUT2D eigenvalue weighted by Gasteiger charge is 2.46. The van der Waals surface area contributed by atoms with E-state index in [1.165, 1.54) is 18.2 Å². The molecule has 1 N–H and O–H groups in total. The molecule has 0 heterocycles. The lowest BCUT2D eigenvalue weighted by molar-refractivity contribution is 0.103. The molecule has 3 aromatic carbocycles. The normalized spacial score (nSPS) is 18.1. The zero-order valence-electron chi connectivity index (χ0n) is 31.2. The Morgan fingerprint density at radius 2 is 1.35 bits per heavy atom. The molecule has 0 aromatic heterocycles. The van der Waals surface area contributed by atoms with E-state index in [1.54, 1.807) is 24.3 Å². The van der Waals surface area contributed by atoms with Crippen LogP contribution in [0.2, 0.25) is 0 Å². The van der Waals surface area contributed by atoms with Crippen molar-refractivity contribution < 1.29 is 18.7 Å². The zero-order chi connectivity index (χ0) is 36.6. The minimum absolute atomic E-state index is 0.0909. The molecule has 1 aliphatic carbocycles. The smallest absolute Gasteiger partial charge is 0.193 e. The van der Waals surface area contributed by atoms with E-state index in [4.69, 9.17) is 12.6 Å². The summed E-state index contributed by atoms with van der Waals surface area (Å²) in [5, 5.41) is 12.1.